The lowest BCUT2D eigenvalue weighted by Gasteiger charge is -2.03. The normalized spacial score (nSPS) is 13.4. The second-order valence-corrected chi connectivity index (χ2v) is 5.17. The molecule has 2 aromatic heterocycles. The van der Waals surface area contributed by atoms with Crippen molar-refractivity contribution in [2.24, 2.45) is 4.99 Å². The molecule has 16 heavy (non-hydrogen) atoms. The summed E-state index contributed by atoms with van der Waals surface area (Å²) in [7, 11) is 0. The molecule has 0 bridgehead atoms. The van der Waals surface area contributed by atoms with Crippen LogP contribution in [0, 0.1) is 20.8 Å². The minimum absolute atomic E-state index is 0.612. The maximum absolute atomic E-state index is 4.40. The highest BCUT2D eigenvalue weighted by atomic mass is 32.1. The van der Waals surface area contributed by atoms with Gasteiger partial charge in [0.15, 0.2) is 5.82 Å². The Morgan fingerprint density at radius 2 is 2.06 bits per heavy atom. The van der Waals surface area contributed by atoms with Crippen LogP contribution in [-0.2, 0) is 6.54 Å². The van der Waals surface area contributed by atoms with Gasteiger partial charge in [-0.1, -0.05) is 0 Å². The van der Waals surface area contributed by atoms with Crippen molar-refractivity contribution >= 4 is 17.6 Å². The molecule has 0 N–H and O–H groups in total. The molecule has 0 aromatic carbocycles. The maximum Gasteiger partial charge on any atom is 0.159 e. The molecule has 0 radical (unpaired) electrons. The van der Waals surface area contributed by atoms with Crippen LogP contribution in [0.1, 0.15) is 27.7 Å². The number of hydrogen-bond acceptors (Lipinski definition) is 4. The predicted molar refractivity (Wildman–Crippen MR) is 64.7 cm³/mol. The van der Waals surface area contributed by atoms with Crippen LogP contribution in [0.5, 0.6) is 0 Å². The van der Waals surface area contributed by atoms with E-state index in [9.17, 15) is 0 Å². The van der Waals surface area contributed by atoms with Gasteiger partial charge in [0.25, 0.3) is 0 Å². The number of aliphatic imine (C=N–C) groups is 1. The third-order valence-corrected chi connectivity index (χ3v) is 4.17. The molecule has 3 rings (SSSR count). The molecule has 1 aliphatic rings. The fourth-order valence-corrected chi connectivity index (χ4v) is 3.13. The summed E-state index contributed by atoms with van der Waals surface area (Å²) in [5.74, 6) is 1.86. The van der Waals surface area contributed by atoms with Crippen LogP contribution in [0.2, 0.25) is 0 Å². The number of fused-ring (bicyclic) bond motifs is 3. The van der Waals surface area contributed by atoms with Gasteiger partial charge in [0, 0.05) is 16.7 Å². The lowest BCUT2D eigenvalue weighted by Crippen LogP contribution is -2.00. The van der Waals surface area contributed by atoms with Crippen LogP contribution in [0.3, 0.4) is 0 Å². The van der Waals surface area contributed by atoms with Crippen molar-refractivity contribution in [3.8, 4) is 5.00 Å². The SMILES string of the molecule is Cc1sc2c(c1C)C=NCc1nnc(C)n1-2. The Kier molecular flexibility index (Phi) is 1.97. The molecule has 4 nitrogen and oxygen atoms in total. The Morgan fingerprint density at radius 1 is 1.25 bits per heavy atom. The first-order valence-electron chi connectivity index (χ1n) is 5.19. The summed E-state index contributed by atoms with van der Waals surface area (Å²) in [4.78, 5) is 5.73. The van der Waals surface area contributed by atoms with E-state index in [1.807, 2.05) is 13.1 Å². The van der Waals surface area contributed by atoms with Crippen LogP contribution < -0.4 is 0 Å². The highest BCUT2D eigenvalue weighted by Crippen LogP contribution is 2.32. The zero-order valence-electron chi connectivity index (χ0n) is 9.48. The van der Waals surface area contributed by atoms with Gasteiger partial charge in [0.05, 0.1) is 6.54 Å². The van der Waals surface area contributed by atoms with Crippen molar-refractivity contribution in [3.05, 3.63) is 27.7 Å². The average molecular weight is 232 g/mol. The molecule has 3 heterocycles. The number of nitrogens with zero attached hydrogens (tertiary/aromatic N) is 4. The monoisotopic (exact) mass is 232 g/mol. The minimum atomic E-state index is 0.612. The maximum atomic E-state index is 4.40. The first kappa shape index (κ1) is 9.72. The van der Waals surface area contributed by atoms with E-state index in [1.54, 1.807) is 11.3 Å². The average Bonchev–Trinajstić information content (AvgIpc) is 2.67. The smallest absolute Gasteiger partial charge is 0.159 e. The summed E-state index contributed by atoms with van der Waals surface area (Å²) in [6.45, 7) is 6.87. The molecule has 0 spiro atoms. The lowest BCUT2D eigenvalue weighted by molar-refractivity contribution is 0.870. The van der Waals surface area contributed by atoms with E-state index in [1.165, 1.54) is 21.0 Å². The van der Waals surface area contributed by atoms with Gasteiger partial charge in [0.2, 0.25) is 0 Å². The summed E-state index contributed by atoms with van der Waals surface area (Å²) in [5.41, 5.74) is 2.52. The van der Waals surface area contributed by atoms with Crippen molar-refractivity contribution < 1.29 is 0 Å². The van der Waals surface area contributed by atoms with Gasteiger partial charge < -0.3 is 0 Å². The van der Waals surface area contributed by atoms with E-state index in [2.05, 4.69) is 33.6 Å². The van der Waals surface area contributed by atoms with Crippen LogP contribution in [0.4, 0.5) is 0 Å². The lowest BCUT2D eigenvalue weighted by atomic mass is 10.2. The molecule has 0 aliphatic carbocycles. The zero-order chi connectivity index (χ0) is 11.3. The Morgan fingerprint density at radius 3 is 2.88 bits per heavy atom. The molecular weight excluding hydrogens is 220 g/mol. The second kappa shape index (κ2) is 3.25. The standard InChI is InChI=1S/C11H12N4S/c1-6-7(2)16-11-9(6)4-12-5-10-14-13-8(3)15(10)11/h4H,5H2,1-3H3. The zero-order valence-corrected chi connectivity index (χ0v) is 10.3. The number of aromatic nitrogens is 3. The molecule has 0 amide bonds. The van der Waals surface area contributed by atoms with Crippen LogP contribution in [0.15, 0.2) is 4.99 Å². The van der Waals surface area contributed by atoms with Crippen molar-refractivity contribution in [2.75, 3.05) is 0 Å². The first-order valence-corrected chi connectivity index (χ1v) is 6.01. The highest BCUT2D eigenvalue weighted by Gasteiger charge is 2.20. The van der Waals surface area contributed by atoms with E-state index in [4.69, 9.17) is 0 Å². The topological polar surface area (TPSA) is 43.1 Å². The Balaban J connectivity index is 2.38. The molecule has 0 atom stereocenters. The largest absolute Gasteiger partial charge is 0.284 e. The quantitative estimate of drug-likeness (QED) is 0.698. The predicted octanol–water partition coefficient (Wildman–Crippen LogP) is 2.19. The Hall–Kier alpha value is -1.49. The van der Waals surface area contributed by atoms with E-state index < -0.39 is 0 Å². The summed E-state index contributed by atoms with van der Waals surface area (Å²) < 4.78 is 2.12. The van der Waals surface area contributed by atoms with Crippen molar-refractivity contribution in [3.63, 3.8) is 0 Å². The fourth-order valence-electron chi connectivity index (χ4n) is 1.94. The van der Waals surface area contributed by atoms with E-state index in [0.717, 1.165) is 11.6 Å². The second-order valence-electron chi connectivity index (χ2n) is 3.97. The van der Waals surface area contributed by atoms with Gasteiger partial charge in [-0.25, -0.2) is 0 Å². The van der Waals surface area contributed by atoms with Crippen LogP contribution >= 0.6 is 11.3 Å². The number of hydrogen-bond donors (Lipinski definition) is 0. The molecule has 0 saturated heterocycles. The molecule has 1 aliphatic heterocycles. The van der Waals surface area contributed by atoms with Crippen molar-refractivity contribution in [1.29, 1.82) is 0 Å². The Bertz CT molecular complexity index is 591. The molecular formula is C11H12N4S. The summed E-state index contributed by atoms with van der Waals surface area (Å²) >= 11 is 1.78. The fraction of sp³-hybridized carbons (Fsp3) is 0.364. The van der Waals surface area contributed by atoms with Crippen LogP contribution in [0.25, 0.3) is 5.00 Å². The number of thiophene rings is 1. The van der Waals surface area contributed by atoms with Gasteiger partial charge in [-0.15, -0.1) is 21.5 Å². The van der Waals surface area contributed by atoms with Gasteiger partial charge >= 0.3 is 0 Å². The molecule has 82 valence electrons. The van der Waals surface area contributed by atoms with Gasteiger partial charge in [0.1, 0.15) is 10.8 Å². The summed E-state index contributed by atoms with van der Waals surface area (Å²) in [6.07, 6.45) is 1.96. The molecule has 0 saturated carbocycles. The third-order valence-electron chi connectivity index (χ3n) is 2.96. The van der Waals surface area contributed by atoms with E-state index in [-0.39, 0.29) is 0 Å². The van der Waals surface area contributed by atoms with Gasteiger partial charge in [-0.05, 0) is 26.3 Å². The molecule has 2 aromatic rings. The molecule has 0 unspecified atom stereocenters. The Labute approximate surface area is 97.7 Å². The summed E-state index contributed by atoms with van der Waals surface area (Å²) in [5, 5.41) is 9.49. The van der Waals surface area contributed by atoms with Gasteiger partial charge in [-0.3, -0.25) is 9.56 Å². The van der Waals surface area contributed by atoms with Crippen molar-refractivity contribution in [2.45, 2.75) is 27.3 Å². The number of rotatable bonds is 0. The molecule has 5 heteroatoms. The van der Waals surface area contributed by atoms with Crippen LogP contribution in [-0.4, -0.2) is 21.0 Å². The van der Waals surface area contributed by atoms with E-state index in [0.29, 0.717) is 6.54 Å². The third kappa shape index (κ3) is 1.18. The summed E-state index contributed by atoms with van der Waals surface area (Å²) in [6, 6.07) is 0. The van der Waals surface area contributed by atoms with E-state index >= 15 is 0 Å². The highest BCUT2D eigenvalue weighted by molar-refractivity contribution is 7.15. The molecule has 0 fully saturated rings. The van der Waals surface area contributed by atoms with Crippen molar-refractivity contribution in [1.82, 2.24) is 14.8 Å². The number of aryl methyl sites for hydroxylation is 2. The minimum Gasteiger partial charge on any atom is -0.284 e. The van der Waals surface area contributed by atoms with Gasteiger partial charge in [-0.2, -0.15) is 0 Å². The first-order chi connectivity index (χ1) is 7.68.